The minimum atomic E-state index is 0.844. The predicted octanol–water partition coefficient (Wildman–Crippen LogP) is 3.43. The van der Waals surface area contributed by atoms with Crippen molar-refractivity contribution < 1.29 is 0 Å². The molecule has 0 aliphatic heterocycles. The first-order valence-corrected chi connectivity index (χ1v) is 6.11. The van der Waals surface area contributed by atoms with E-state index in [4.69, 9.17) is 0 Å². The van der Waals surface area contributed by atoms with E-state index >= 15 is 0 Å². The van der Waals surface area contributed by atoms with Gasteiger partial charge in [0.2, 0.25) is 0 Å². The average Bonchev–Trinajstić information content (AvgIpc) is 2.85. The number of H-pyrrole nitrogens is 1. The number of hydrogen-bond donors (Lipinski definition) is 1. The van der Waals surface area contributed by atoms with Crippen LogP contribution in [0.4, 0.5) is 5.69 Å². The quantitative estimate of drug-likeness (QED) is 0.689. The molecule has 0 aliphatic rings. The van der Waals surface area contributed by atoms with Crippen LogP contribution in [-0.2, 0) is 0 Å². The monoisotopic (exact) mass is 338 g/mol. The minimum Gasteiger partial charge on any atom is -0.285 e. The van der Waals surface area contributed by atoms with E-state index in [-0.39, 0.29) is 0 Å². The highest BCUT2D eigenvalue weighted by atomic mass is 127. The Morgan fingerprint density at radius 1 is 1.47 bits per heavy atom. The normalized spacial score (nSPS) is 11.5. The SMILES string of the molecule is C=CC(I)=Nc1cc(-c2cn[nH]c2)cnc1C. The second-order valence-electron chi connectivity index (χ2n) is 3.45. The van der Waals surface area contributed by atoms with Crippen LogP contribution in [0.1, 0.15) is 5.69 Å². The molecule has 0 radical (unpaired) electrons. The lowest BCUT2D eigenvalue weighted by Gasteiger charge is -2.02. The van der Waals surface area contributed by atoms with Gasteiger partial charge < -0.3 is 0 Å². The van der Waals surface area contributed by atoms with Crippen molar-refractivity contribution in [2.75, 3.05) is 0 Å². The molecule has 0 aliphatic carbocycles. The zero-order chi connectivity index (χ0) is 12.3. The molecule has 0 atom stereocenters. The largest absolute Gasteiger partial charge is 0.285 e. The predicted molar refractivity (Wildman–Crippen MR) is 77.9 cm³/mol. The van der Waals surface area contributed by atoms with Crippen molar-refractivity contribution in [2.45, 2.75) is 6.92 Å². The van der Waals surface area contributed by atoms with E-state index in [2.05, 4.69) is 49.3 Å². The summed E-state index contributed by atoms with van der Waals surface area (Å²) in [6.45, 7) is 5.62. The number of nitrogens with one attached hydrogen (secondary N) is 1. The van der Waals surface area contributed by atoms with Gasteiger partial charge in [-0.25, -0.2) is 4.99 Å². The van der Waals surface area contributed by atoms with Crippen LogP contribution in [0, 0.1) is 6.92 Å². The van der Waals surface area contributed by atoms with E-state index in [0.717, 1.165) is 26.2 Å². The molecule has 0 amide bonds. The third-order valence-corrected chi connectivity index (χ3v) is 2.97. The van der Waals surface area contributed by atoms with Gasteiger partial charge in [0.1, 0.15) is 3.72 Å². The maximum atomic E-state index is 4.44. The summed E-state index contributed by atoms with van der Waals surface area (Å²) >= 11 is 2.14. The summed E-state index contributed by atoms with van der Waals surface area (Å²) in [4.78, 5) is 8.78. The number of halogens is 1. The molecule has 86 valence electrons. The molecule has 0 fully saturated rings. The zero-order valence-electron chi connectivity index (χ0n) is 9.31. The van der Waals surface area contributed by atoms with Crippen LogP contribution in [0.25, 0.3) is 11.1 Å². The molecule has 17 heavy (non-hydrogen) atoms. The lowest BCUT2D eigenvalue weighted by Crippen LogP contribution is -1.86. The number of hydrogen-bond acceptors (Lipinski definition) is 3. The van der Waals surface area contributed by atoms with Gasteiger partial charge in [0.15, 0.2) is 0 Å². The van der Waals surface area contributed by atoms with Crippen LogP contribution in [0.15, 0.2) is 42.3 Å². The van der Waals surface area contributed by atoms with Gasteiger partial charge in [0.05, 0.1) is 17.6 Å². The van der Waals surface area contributed by atoms with Crippen molar-refractivity contribution in [3.8, 4) is 11.1 Å². The first-order chi connectivity index (χ1) is 8.20. The van der Waals surface area contributed by atoms with Crippen molar-refractivity contribution in [2.24, 2.45) is 4.99 Å². The Hall–Kier alpha value is -1.50. The first-order valence-electron chi connectivity index (χ1n) is 5.03. The van der Waals surface area contributed by atoms with Crippen LogP contribution >= 0.6 is 22.6 Å². The molecule has 2 rings (SSSR count). The van der Waals surface area contributed by atoms with Crippen LogP contribution < -0.4 is 0 Å². The number of nitrogens with zero attached hydrogens (tertiary/aromatic N) is 3. The molecule has 0 spiro atoms. The number of aromatic nitrogens is 3. The number of aryl methyl sites for hydroxylation is 1. The van der Waals surface area contributed by atoms with Crippen molar-refractivity contribution in [1.82, 2.24) is 15.2 Å². The molecule has 5 heteroatoms. The molecule has 1 N–H and O–H groups in total. The summed E-state index contributed by atoms with van der Waals surface area (Å²) in [5.41, 5.74) is 3.75. The minimum absolute atomic E-state index is 0.844. The van der Waals surface area contributed by atoms with Gasteiger partial charge in [0, 0.05) is 23.5 Å². The lowest BCUT2D eigenvalue weighted by molar-refractivity contribution is 1.09. The van der Waals surface area contributed by atoms with Gasteiger partial charge in [-0.2, -0.15) is 5.10 Å². The van der Waals surface area contributed by atoms with Gasteiger partial charge >= 0.3 is 0 Å². The van der Waals surface area contributed by atoms with E-state index in [9.17, 15) is 0 Å². The molecule has 0 unspecified atom stereocenters. The van der Waals surface area contributed by atoms with Gasteiger partial charge in [-0.3, -0.25) is 10.1 Å². The third-order valence-electron chi connectivity index (χ3n) is 2.29. The molecule has 0 bridgehead atoms. The molecule has 2 aromatic rings. The Labute approximate surface area is 113 Å². The molecule has 0 aromatic carbocycles. The summed E-state index contributed by atoms with van der Waals surface area (Å²) in [5.74, 6) is 0. The van der Waals surface area contributed by atoms with Gasteiger partial charge in [-0.1, -0.05) is 6.58 Å². The highest BCUT2D eigenvalue weighted by molar-refractivity contribution is 14.1. The Morgan fingerprint density at radius 2 is 2.29 bits per heavy atom. The van der Waals surface area contributed by atoms with Crippen molar-refractivity contribution >= 4 is 32.0 Å². The molecule has 0 saturated carbocycles. The first kappa shape index (κ1) is 12.0. The van der Waals surface area contributed by atoms with Gasteiger partial charge in [0.25, 0.3) is 0 Å². The lowest BCUT2D eigenvalue weighted by atomic mass is 10.1. The van der Waals surface area contributed by atoms with Crippen LogP contribution in [0.2, 0.25) is 0 Å². The molecule has 2 aromatic heterocycles. The second kappa shape index (κ2) is 5.22. The van der Waals surface area contributed by atoms with Gasteiger partial charge in [-0.15, -0.1) is 0 Å². The topological polar surface area (TPSA) is 53.9 Å². The number of allylic oxidation sites excluding steroid dienone is 1. The molecule has 4 nitrogen and oxygen atoms in total. The van der Waals surface area contributed by atoms with Crippen molar-refractivity contribution in [3.63, 3.8) is 0 Å². The Balaban J connectivity index is 2.46. The maximum absolute atomic E-state index is 4.44. The molecular weight excluding hydrogens is 327 g/mol. The van der Waals surface area contributed by atoms with Crippen LogP contribution in [-0.4, -0.2) is 18.9 Å². The van der Waals surface area contributed by atoms with Crippen molar-refractivity contribution in [3.05, 3.63) is 43.0 Å². The number of rotatable bonds is 3. The standard InChI is InChI=1S/C12H11IN4/c1-3-12(13)17-11-4-9(5-14-8(11)2)10-6-15-16-7-10/h3-7H,1H2,2H3,(H,15,16). The Bertz CT molecular complexity index is 558. The highest BCUT2D eigenvalue weighted by Crippen LogP contribution is 2.25. The molecule has 0 saturated heterocycles. The summed E-state index contributed by atoms with van der Waals surface area (Å²) in [7, 11) is 0. The number of aliphatic imine (C=N–C) groups is 1. The second-order valence-corrected chi connectivity index (χ2v) is 4.56. The number of aromatic amines is 1. The van der Waals surface area contributed by atoms with Crippen LogP contribution in [0.3, 0.4) is 0 Å². The zero-order valence-corrected chi connectivity index (χ0v) is 11.5. The van der Waals surface area contributed by atoms with E-state index in [1.807, 2.05) is 25.4 Å². The maximum Gasteiger partial charge on any atom is 0.101 e. The molecule has 2 heterocycles. The summed E-state index contributed by atoms with van der Waals surface area (Å²) in [6, 6.07) is 2.00. The fourth-order valence-electron chi connectivity index (χ4n) is 1.36. The summed E-state index contributed by atoms with van der Waals surface area (Å²) in [5, 5.41) is 6.70. The Kier molecular flexibility index (Phi) is 3.68. The highest BCUT2D eigenvalue weighted by Gasteiger charge is 2.04. The van der Waals surface area contributed by atoms with E-state index in [1.165, 1.54) is 0 Å². The van der Waals surface area contributed by atoms with Crippen LogP contribution in [0.5, 0.6) is 0 Å². The van der Waals surface area contributed by atoms with E-state index in [1.54, 1.807) is 12.3 Å². The smallest absolute Gasteiger partial charge is 0.101 e. The Morgan fingerprint density at radius 3 is 2.94 bits per heavy atom. The summed E-state index contributed by atoms with van der Waals surface area (Å²) < 4.78 is 0.844. The van der Waals surface area contributed by atoms with E-state index < -0.39 is 0 Å². The number of pyridine rings is 1. The van der Waals surface area contributed by atoms with E-state index in [0.29, 0.717) is 0 Å². The fraction of sp³-hybridized carbons (Fsp3) is 0.0833. The summed E-state index contributed by atoms with van der Waals surface area (Å²) in [6.07, 6.45) is 7.13. The third kappa shape index (κ3) is 2.79. The molecular formula is C12H11IN4. The van der Waals surface area contributed by atoms with Crippen molar-refractivity contribution in [1.29, 1.82) is 0 Å². The van der Waals surface area contributed by atoms with Gasteiger partial charge in [-0.05, 0) is 41.7 Å². The fourth-order valence-corrected chi connectivity index (χ4v) is 1.62. The average molecular weight is 338 g/mol.